The molecule has 1 heterocycles. The molecule has 2 aromatic rings. The Morgan fingerprint density at radius 3 is 2.60 bits per heavy atom. The molecule has 4 nitrogen and oxygen atoms in total. The first kappa shape index (κ1) is 14.1. The molecule has 0 unspecified atom stereocenters. The first-order chi connectivity index (χ1) is 9.51. The van der Waals surface area contributed by atoms with E-state index in [9.17, 15) is 18.0 Å². The van der Waals surface area contributed by atoms with Crippen molar-refractivity contribution in [1.29, 1.82) is 0 Å². The number of hydrogen-bond acceptors (Lipinski definition) is 3. The Morgan fingerprint density at radius 1 is 1.30 bits per heavy atom. The standard InChI is InChI=1S/C13H11F3N2O2/c1-3-18-12(9(20-2)6-17-18)13(19)7-4-5-8(14)11(16)10(7)15/h4-6H,3H2,1-2H3. The summed E-state index contributed by atoms with van der Waals surface area (Å²) >= 11 is 0. The number of ether oxygens (including phenoxy) is 1. The number of aryl methyl sites for hydroxylation is 1. The molecule has 1 aromatic heterocycles. The van der Waals surface area contributed by atoms with Crippen LogP contribution >= 0.6 is 0 Å². The highest BCUT2D eigenvalue weighted by Gasteiger charge is 2.25. The Balaban J connectivity index is 2.57. The van der Waals surface area contributed by atoms with E-state index in [0.717, 1.165) is 6.07 Å². The van der Waals surface area contributed by atoms with Crippen molar-refractivity contribution in [2.75, 3.05) is 7.11 Å². The molecular weight excluding hydrogens is 273 g/mol. The van der Waals surface area contributed by atoms with Crippen LogP contribution in [-0.4, -0.2) is 22.7 Å². The second-order valence-corrected chi connectivity index (χ2v) is 3.93. The van der Waals surface area contributed by atoms with Crippen LogP contribution in [0.25, 0.3) is 0 Å². The first-order valence-corrected chi connectivity index (χ1v) is 5.79. The number of hydrogen-bond donors (Lipinski definition) is 0. The van der Waals surface area contributed by atoms with E-state index in [4.69, 9.17) is 4.74 Å². The number of benzene rings is 1. The first-order valence-electron chi connectivity index (χ1n) is 5.79. The molecule has 7 heteroatoms. The zero-order valence-corrected chi connectivity index (χ0v) is 10.8. The summed E-state index contributed by atoms with van der Waals surface area (Å²) in [5, 5.41) is 3.90. The molecule has 0 bridgehead atoms. The summed E-state index contributed by atoms with van der Waals surface area (Å²) in [6.45, 7) is 2.07. The molecule has 0 fully saturated rings. The van der Waals surface area contributed by atoms with E-state index in [1.54, 1.807) is 6.92 Å². The number of aromatic nitrogens is 2. The number of carbonyl (C=O) groups excluding carboxylic acids is 1. The van der Waals surface area contributed by atoms with Crippen molar-refractivity contribution >= 4 is 5.78 Å². The monoisotopic (exact) mass is 284 g/mol. The summed E-state index contributed by atoms with van der Waals surface area (Å²) in [6, 6.07) is 1.59. The summed E-state index contributed by atoms with van der Waals surface area (Å²) in [4.78, 5) is 12.3. The quantitative estimate of drug-likeness (QED) is 0.640. The van der Waals surface area contributed by atoms with Crippen molar-refractivity contribution in [2.45, 2.75) is 13.5 Å². The summed E-state index contributed by atoms with van der Waals surface area (Å²) in [6.07, 6.45) is 1.30. The number of carbonyl (C=O) groups is 1. The van der Waals surface area contributed by atoms with Crippen LogP contribution in [0.3, 0.4) is 0 Å². The fraction of sp³-hybridized carbons (Fsp3) is 0.231. The predicted molar refractivity (Wildman–Crippen MR) is 64.2 cm³/mol. The molecule has 0 aliphatic heterocycles. The second kappa shape index (κ2) is 5.36. The van der Waals surface area contributed by atoms with Gasteiger partial charge in [0.2, 0.25) is 5.78 Å². The summed E-state index contributed by atoms with van der Waals surface area (Å²) in [7, 11) is 1.33. The molecule has 0 amide bonds. The zero-order valence-electron chi connectivity index (χ0n) is 10.8. The third-order valence-electron chi connectivity index (χ3n) is 2.82. The van der Waals surface area contributed by atoms with Gasteiger partial charge in [-0.2, -0.15) is 5.10 Å². The van der Waals surface area contributed by atoms with Crippen LogP contribution in [0.4, 0.5) is 13.2 Å². The van der Waals surface area contributed by atoms with Crippen molar-refractivity contribution in [3.63, 3.8) is 0 Å². The third-order valence-corrected chi connectivity index (χ3v) is 2.82. The molecule has 20 heavy (non-hydrogen) atoms. The van der Waals surface area contributed by atoms with Gasteiger partial charge in [0.1, 0.15) is 0 Å². The molecule has 0 aliphatic carbocycles. The zero-order chi connectivity index (χ0) is 14.9. The van der Waals surface area contributed by atoms with E-state index in [0.29, 0.717) is 12.6 Å². The third kappa shape index (κ3) is 2.15. The maximum absolute atomic E-state index is 13.7. The minimum atomic E-state index is -1.68. The van der Waals surface area contributed by atoms with Gasteiger partial charge in [0.25, 0.3) is 0 Å². The van der Waals surface area contributed by atoms with E-state index >= 15 is 0 Å². The number of methoxy groups -OCH3 is 1. The summed E-state index contributed by atoms with van der Waals surface area (Å²) in [5.74, 6) is -5.24. The van der Waals surface area contributed by atoms with Gasteiger partial charge >= 0.3 is 0 Å². The molecule has 0 spiro atoms. The molecule has 2 rings (SSSR count). The molecule has 0 radical (unpaired) electrons. The van der Waals surface area contributed by atoms with Crippen molar-refractivity contribution in [3.8, 4) is 5.75 Å². The lowest BCUT2D eigenvalue weighted by atomic mass is 10.1. The van der Waals surface area contributed by atoms with Crippen molar-refractivity contribution in [2.24, 2.45) is 0 Å². The van der Waals surface area contributed by atoms with Gasteiger partial charge in [0.15, 0.2) is 28.9 Å². The van der Waals surface area contributed by atoms with E-state index in [1.165, 1.54) is 18.0 Å². The van der Waals surface area contributed by atoms with Gasteiger partial charge in [0.05, 0.1) is 18.9 Å². The average molecular weight is 284 g/mol. The van der Waals surface area contributed by atoms with Gasteiger partial charge in [-0.05, 0) is 19.1 Å². The van der Waals surface area contributed by atoms with Gasteiger partial charge in [-0.3, -0.25) is 9.48 Å². The number of ketones is 1. The Labute approximate surface area is 112 Å². The minimum Gasteiger partial charge on any atom is -0.493 e. The van der Waals surface area contributed by atoms with Crippen LogP contribution in [-0.2, 0) is 6.54 Å². The van der Waals surface area contributed by atoms with Crippen LogP contribution < -0.4 is 4.74 Å². The van der Waals surface area contributed by atoms with E-state index in [1.807, 2.05) is 0 Å². The van der Waals surface area contributed by atoms with E-state index < -0.39 is 28.8 Å². The highest BCUT2D eigenvalue weighted by Crippen LogP contribution is 2.24. The van der Waals surface area contributed by atoms with Crippen molar-refractivity contribution in [3.05, 3.63) is 47.0 Å². The van der Waals surface area contributed by atoms with E-state index in [-0.39, 0.29) is 11.4 Å². The normalized spacial score (nSPS) is 10.7. The molecule has 0 atom stereocenters. The Hall–Kier alpha value is -2.31. The van der Waals surface area contributed by atoms with E-state index in [2.05, 4.69) is 5.10 Å². The molecule has 106 valence electrons. The fourth-order valence-electron chi connectivity index (χ4n) is 1.82. The van der Waals surface area contributed by atoms with Gasteiger partial charge in [0, 0.05) is 6.54 Å². The minimum absolute atomic E-state index is 0.0140. The molecule has 0 saturated carbocycles. The molecular formula is C13H11F3N2O2. The predicted octanol–water partition coefficient (Wildman–Crippen LogP) is 2.56. The highest BCUT2D eigenvalue weighted by atomic mass is 19.2. The number of halogens is 3. The summed E-state index contributed by atoms with van der Waals surface area (Å²) < 4.78 is 46.0. The highest BCUT2D eigenvalue weighted by molar-refractivity contribution is 6.09. The van der Waals surface area contributed by atoms with Crippen LogP contribution in [0.5, 0.6) is 5.75 Å². The Morgan fingerprint density at radius 2 is 2.00 bits per heavy atom. The van der Waals surface area contributed by atoms with Gasteiger partial charge in [-0.25, -0.2) is 13.2 Å². The SMILES string of the molecule is CCn1ncc(OC)c1C(=O)c1ccc(F)c(F)c1F. The van der Waals surface area contributed by atoms with Crippen LogP contribution in [0.1, 0.15) is 23.0 Å². The number of rotatable bonds is 4. The topological polar surface area (TPSA) is 44.1 Å². The summed E-state index contributed by atoms with van der Waals surface area (Å²) in [5.41, 5.74) is -0.586. The maximum atomic E-state index is 13.7. The molecule has 0 aliphatic rings. The van der Waals surface area contributed by atoms with Crippen molar-refractivity contribution < 1.29 is 22.7 Å². The Kier molecular flexibility index (Phi) is 3.78. The van der Waals surface area contributed by atoms with Crippen molar-refractivity contribution in [1.82, 2.24) is 9.78 Å². The molecule has 0 N–H and O–H groups in total. The lowest BCUT2D eigenvalue weighted by molar-refractivity contribution is 0.102. The van der Waals surface area contributed by atoms with Gasteiger partial charge < -0.3 is 4.74 Å². The molecule has 1 aromatic carbocycles. The van der Waals surface area contributed by atoms with Gasteiger partial charge in [-0.1, -0.05) is 0 Å². The number of nitrogens with zero attached hydrogens (tertiary/aromatic N) is 2. The van der Waals surface area contributed by atoms with Gasteiger partial charge in [-0.15, -0.1) is 0 Å². The lowest BCUT2D eigenvalue weighted by Gasteiger charge is -2.08. The maximum Gasteiger partial charge on any atom is 0.217 e. The van der Waals surface area contributed by atoms with Crippen LogP contribution in [0, 0.1) is 17.5 Å². The fourth-order valence-corrected chi connectivity index (χ4v) is 1.82. The Bertz CT molecular complexity index is 646. The largest absolute Gasteiger partial charge is 0.493 e. The van der Waals surface area contributed by atoms with Crippen LogP contribution in [0.2, 0.25) is 0 Å². The average Bonchev–Trinajstić information content (AvgIpc) is 2.87. The lowest BCUT2D eigenvalue weighted by Crippen LogP contribution is -2.14. The molecule has 0 saturated heterocycles. The second-order valence-electron chi connectivity index (χ2n) is 3.93. The van der Waals surface area contributed by atoms with Crippen LogP contribution in [0.15, 0.2) is 18.3 Å². The smallest absolute Gasteiger partial charge is 0.217 e.